The molecule has 8 heteroatoms. The maximum atomic E-state index is 12.7. The lowest BCUT2D eigenvalue weighted by Gasteiger charge is -2.07. The fraction of sp³-hybridized carbons (Fsp3) is 0.278. The number of hydrogen-bond donors (Lipinski definition) is 1. The van der Waals surface area contributed by atoms with Gasteiger partial charge in [0.15, 0.2) is 5.16 Å². The Hall–Kier alpha value is -2.32. The normalized spacial score (nSPS) is 11.0. The molecule has 6 nitrogen and oxygen atoms in total. The Kier molecular flexibility index (Phi) is 5.95. The molecule has 0 fully saturated rings. The van der Waals surface area contributed by atoms with Crippen LogP contribution in [-0.4, -0.2) is 28.0 Å². The summed E-state index contributed by atoms with van der Waals surface area (Å²) in [6.07, 6.45) is 0.978. The van der Waals surface area contributed by atoms with E-state index in [-0.39, 0.29) is 11.5 Å². The summed E-state index contributed by atoms with van der Waals surface area (Å²) in [4.78, 5) is 29.3. The third kappa shape index (κ3) is 3.91. The second-order valence-electron chi connectivity index (χ2n) is 5.52. The minimum absolute atomic E-state index is 0.215. The molecule has 0 unspecified atom stereocenters. The zero-order valence-electron chi connectivity index (χ0n) is 14.3. The quantitative estimate of drug-likeness (QED) is 0.219. The minimum Gasteiger partial charge on any atom is -0.466 e. The molecule has 136 valence electrons. The van der Waals surface area contributed by atoms with Gasteiger partial charge in [-0.3, -0.25) is 9.59 Å². The number of nitrogens with two attached hydrogens (primary N) is 1. The van der Waals surface area contributed by atoms with Gasteiger partial charge in [0.1, 0.15) is 4.83 Å². The first-order valence-electron chi connectivity index (χ1n) is 8.25. The van der Waals surface area contributed by atoms with Crippen LogP contribution in [0.5, 0.6) is 0 Å². The third-order valence-corrected chi connectivity index (χ3v) is 5.67. The molecule has 0 bridgehead atoms. The maximum Gasteiger partial charge on any atom is 0.305 e. The van der Waals surface area contributed by atoms with Gasteiger partial charge in [-0.1, -0.05) is 42.1 Å². The summed E-state index contributed by atoms with van der Waals surface area (Å²) in [5.74, 6) is 6.39. The van der Waals surface area contributed by atoms with Gasteiger partial charge in [-0.2, -0.15) is 0 Å². The Bertz CT molecular complexity index is 967. The van der Waals surface area contributed by atoms with Crippen molar-refractivity contribution in [2.75, 3.05) is 18.2 Å². The van der Waals surface area contributed by atoms with Crippen LogP contribution in [0.1, 0.15) is 19.8 Å². The largest absolute Gasteiger partial charge is 0.466 e. The molecule has 1 aromatic carbocycles. The Balaban J connectivity index is 1.81. The first kappa shape index (κ1) is 18.5. The Morgan fingerprint density at radius 2 is 2.12 bits per heavy atom. The lowest BCUT2D eigenvalue weighted by Crippen LogP contribution is -2.29. The highest BCUT2D eigenvalue weighted by Gasteiger charge is 2.16. The zero-order valence-corrected chi connectivity index (χ0v) is 15.9. The first-order chi connectivity index (χ1) is 12.6. The number of carbonyl (C=O) groups is 1. The summed E-state index contributed by atoms with van der Waals surface area (Å²) in [6.45, 7) is 2.16. The smallest absolute Gasteiger partial charge is 0.305 e. The van der Waals surface area contributed by atoms with E-state index in [2.05, 4.69) is 4.98 Å². The summed E-state index contributed by atoms with van der Waals surface area (Å²) in [5.41, 5.74) is 1.55. The lowest BCUT2D eigenvalue weighted by molar-refractivity contribution is -0.143. The number of nitrogens with zero attached hydrogens (tertiary/aromatic N) is 2. The predicted octanol–water partition coefficient (Wildman–Crippen LogP) is 3.27. The standard InChI is InChI=1S/C18H19N3O3S2/c1-2-24-14(22)9-6-10-25-18-20-16-15(17(23)21(18)19)13(11-26-16)12-7-4-3-5-8-12/h3-5,7-8,11H,2,6,9-10,19H2,1H3. The second-order valence-corrected chi connectivity index (χ2v) is 7.44. The van der Waals surface area contributed by atoms with E-state index in [1.807, 2.05) is 35.7 Å². The Labute approximate surface area is 159 Å². The topological polar surface area (TPSA) is 87.2 Å². The van der Waals surface area contributed by atoms with Crippen LogP contribution in [0.15, 0.2) is 45.7 Å². The van der Waals surface area contributed by atoms with Gasteiger partial charge in [0.05, 0.1) is 12.0 Å². The second kappa shape index (κ2) is 8.37. The highest BCUT2D eigenvalue weighted by atomic mass is 32.2. The summed E-state index contributed by atoms with van der Waals surface area (Å²) >= 11 is 2.80. The number of aromatic nitrogens is 2. The summed E-state index contributed by atoms with van der Waals surface area (Å²) in [5, 5.41) is 2.93. The van der Waals surface area contributed by atoms with Crippen LogP contribution in [-0.2, 0) is 9.53 Å². The number of ether oxygens (including phenoxy) is 1. The molecule has 0 spiro atoms. The Morgan fingerprint density at radius 1 is 1.35 bits per heavy atom. The van der Waals surface area contributed by atoms with E-state index >= 15 is 0 Å². The van der Waals surface area contributed by atoms with Crippen LogP contribution in [0.2, 0.25) is 0 Å². The van der Waals surface area contributed by atoms with E-state index in [0.717, 1.165) is 15.8 Å². The fourth-order valence-electron chi connectivity index (χ4n) is 2.53. The van der Waals surface area contributed by atoms with Crippen molar-refractivity contribution < 1.29 is 9.53 Å². The van der Waals surface area contributed by atoms with Gasteiger partial charge in [0.25, 0.3) is 5.56 Å². The molecule has 0 aliphatic heterocycles. The van der Waals surface area contributed by atoms with Gasteiger partial charge < -0.3 is 10.6 Å². The molecule has 2 aromatic heterocycles. The molecule has 0 amide bonds. The number of thioether (sulfide) groups is 1. The Morgan fingerprint density at radius 3 is 2.85 bits per heavy atom. The number of thiophene rings is 1. The van der Waals surface area contributed by atoms with E-state index < -0.39 is 0 Å². The average Bonchev–Trinajstić information content (AvgIpc) is 3.07. The van der Waals surface area contributed by atoms with Crippen molar-refractivity contribution in [2.45, 2.75) is 24.9 Å². The zero-order chi connectivity index (χ0) is 18.5. The molecule has 0 radical (unpaired) electrons. The molecule has 0 saturated heterocycles. The van der Waals surface area contributed by atoms with Crippen molar-refractivity contribution in [3.8, 4) is 11.1 Å². The molecule has 2 heterocycles. The summed E-state index contributed by atoms with van der Waals surface area (Å²) in [6, 6.07) is 9.71. The van der Waals surface area contributed by atoms with E-state index in [1.54, 1.807) is 6.92 Å². The number of fused-ring (bicyclic) bond motifs is 1. The van der Waals surface area contributed by atoms with Crippen molar-refractivity contribution in [1.82, 2.24) is 9.66 Å². The molecule has 3 rings (SSSR count). The fourth-order valence-corrected chi connectivity index (χ4v) is 4.37. The predicted molar refractivity (Wildman–Crippen MR) is 106 cm³/mol. The molecule has 0 atom stereocenters. The van der Waals surface area contributed by atoms with Crippen molar-refractivity contribution in [2.24, 2.45) is 0 Å². The van der Waals surface area contributed by atoms with Gasteiger partial charge in [0, 0.05) is 23.1 Å². The average molecular weight is 390 g/mol. The number of hydrogen-bond acceptors (Lipinski definition) is 7. The third-order valence-electron chi connectivity index (χ3n) is 3.75. The van der Waals surface area contributed by atoms with Gasteiger partial charge >= 0.3 is 5.97 Å². The molecule has 2 N–H and O–H groups in total. The molecular weight excluding hydrogens is 370 g/mol. The van der Waals surface area contributed by atoms with E-state index in [1.165, 1.54) is 23.1 Å². The van der Waals surface area contributed by atoms with Gasteiger partial charge in [0.2, 0.25) is 0 Å². The van der Waals surface area contributed by atoms with Crippen LogP contribution >= 0.6 is 23.1 Å². The van der Waals surface area contributed by atoms with Gasteiger partial charge in [-0.25, -0.2) is 9.66 Å². The number of carbonyl (C=O) groups excluding carboxylic acids is 1. The molecule has 0 saturated carbocycles. The van der Waals surface area contributed by atoms with E-state index in [9.17, 15) is 9.59 Å². The monoisotopic (exact) mass is 389 g/mol. The van der Waals surface area contributed by atoms with Crippen molar-refractivity contribution in [3.05, 3.63) is 46.1 Å². The number of rotatable bonds is 7. The summed E-state index contributed by atoms with van der Waals surface area (Å²) < 4.78 is 5.99. The van der Waals surface area contributed by atoms with Gasteiger partial charge in [-0.15, -0.1) is 11.3 Å². The van der Waals surface area contributed by atoms with E-state index in [0.29, 0.717) is 40.6 Å². The van der Waals surface area contributed by atoms with Crippen LogP contribution in [0.3, 0.4) is 0 Å². The van der Waals surface area contributed by atoms with Crippen LogP contribution in [0, 0.1) is 0 Å². The van der Waals surface area contributed by atoms with Crippen LogP contribution in [0.25, 0.3) is 21.3 Å². The first-order valence-corrected chi connectivity index (χ1v) is 10.1. The molecule has 0 aliphatic carbocycles. The van der Waals surface area contributed by atoms with Gasteiger partial charge in [-0.05, 0) is 18.9 Å². The molecule has 0 aliphatic rings. The highest BCUT2D eigenvalue weighted by molar-refractivity contribution is 7.99. The lowest BCUT2D eigenvalue weighted by atomic mass is 10.1. The van der Waals surface area contributed by atoms with Crippen molar-refractivity contribution in [1.29, 1.82) is 0 Å². The molecule has 26 heavy (non-hydrogen) atoms. The SMILES string of the molecule is CCOC(=O)CCCSc1nc2scc(-c3ccccc3)c2c(=O)n1N. The minimum atomic E-state index is -0.261. The number of benzene rings is 1. The highest BCUT2D eigenvalue weighted by Crippen LogP contribution is 2.31. The molecular formula is C18H19N3O3S2. The van der Waals surface area contributed by atoms with Crippen molar-refractivity contribution >= 4 is 39.3 Å². The van der Waals surface area contributed by atoms with E-state index in [4.69, 9.17) is 10.6 Å². The molecule has 3 aromatic rings. The van der Waals surface area contributed by atoms with Crippen LogP contribution in [0.4, 0.5) is 0 Å². The van der Waals surface area contributed by atoms with Crippen LogP contribution < -0.4 is 11.4 Å². The maximum absolute atomic E-state index is 12.7. The summed E-state index contributed by atoms with van der Waals surface area (Å²) in [7, 11) is 0. The number of esters is 1. The van der Waals surface area contributed by atoms with Crippen molar-refractivity contribution in [3.63, 3.8) is 0 Å². The number of nitrogen functional groups attached to an aromatic ring is 1.